The summed E-state index contributed by atoms with van der Waals surface area (Å²) in [5, 5.41) is 11.5. The molecule has 0 aliphatic heterocycles. The van der Waals surface area contributed by atoms with Crippen LogP contribution in [0.3, 0.4) is 0 Å². The van der Waals surface area contributed by atoms with Crippen LogP contribution in [0.2, 0.25) is 18.1 Å². The molecule has 0 fully saturated rings. The zero-order valence-electron chi connectivity index (χ0n) is 17.3. The van der Waals surface area contributed by atoms with Gasteiger partial charge in [0, 0.05) is 19.0 Å². The Hall–Kier alpha value is -1.50. The Bertz CT molecular complexity index is 866. The number of hydrogen-bond acceptors (Lipinski definition) is 4. The number of hydrogen-bond donors (Lipinski definition) is 1. The fourth-order valence-corrected chi connectivity index (χ4v) is 3.77. The van der Waals surface area contributed by atoms with Gasteiger partial charge in [-0.1, -0.05) is 33.8 Å². The van der Waals surface area contributed by atoms with E-state index in [9.17, 15) is 9.90 Å². The Labute approximate surface area is 157 Å². The summed E-state index contributed by atoms with van der Waals surface area (Å²) in [6.45, 7) is 15.0. The molecule has 1 aromatic carbocycles. The first kappa shape index (κ1) is 20.8. The minimum Gasteiger partial charge on any atom is -0.414 e. The predicted octanol–water partition coefficient (Wildman–Crippen LogP) is 3.86. The molecule has 144 valence electrons. The molecule has 1 heterocycles. The number of rotatable bonds is 5. The quantitative estimate of drug-likeness (QED) is 0.805. The molecule has 1 unspecified atom stereocenters. The molecular formula is C20H32N2O3Si. The molecule has 2 aromatic rings. The predicted molar refractivity (Wildman–Crippen MR) is 109 cm³/mol. The van der Waals surface area contributed by atoms with Gasteiger partial charge in [-0.3, -0.25) is 9.36 Å². The van der Waals surface area contributed by atoms with Crippen molar-refractivity contribution in [2.75, 3.05) is 6.61 Å². The van der Waals surface area contributed by atoms with E-state index in [0.29, 0.717) is 28.7 Å². The van der Waals surface area contributed by atoms with Crippen LogP contribution in [-0.2, 0) is 17.9 Å². The lowest BCUT2D eigenvalue weighted by atomic mass is 10.0. The van der Waals surface area contributed by atoms with Crippen LogP contribution in [0, 0.1) is 6.92 Å². The van der Waals surface area contributed by atoms with E-state index in [1.165, 1.54) is 0 Å². The number of aliphatic hydroxyl groups excluding tert-OH is 1. The first-order chi connectivity index (χ1) is 11.9. The molecule has 2 rings (SSSR count). The zero-order chi connectivity index (χ0) is 19.9. The lowest BCUT2D eigenvalue weighted by Crippen LogP contribution is -2.41. The summed E-state index contributed by atoms with van der Waals surface area (Å²) in [6, 6.07) is 3.75. The average Bonchev–Trinajstić information content (AvgIpc) is 2.54. The average molecular weight is 377 g/mol. The van der Waals surface area contributed by atoms with Crippen LogP contribution in [0.25, 0.3) is 10.9 Å². The molecular weight excluding hydrogens is 344 g/mol. The second-order valence-corrected chi connectivity index (χ2v) is 13.4. The summed E-state index contributed by atoms with van der Waals surface area (Å²) in [5.74, 6) is 0.713. The maximum absolute atomic E-state index is 12.7. The summed E-state index contributed by atoms with van der Waals surface area (Å²) in [4.78, 5) is 17.4. The molecule has 0 saturated carbocycles. The van der Waals surface area contributed by atoms with Crippen molar-refractivity contribution in [2.45, 2.75) is 65.3 Å². The number of aryl methyl sites for hydroxylation is 2. The highest BCUT2D eigenvalue weighted by Gasteiger charge is 2.37. The van der Waals surface area contributed by atoms with E-state index in [-0.39, 0.29) is 17.2 Å². The standard InChI is InChI=1S/C20H32N2O3Si/c1-9-17-21-18-14(10-13(2)11-15(18)19(24)22(17)6)16(23)12-25-26(7,8)20(3,4)5/h10-11,16,23H,9,12H2,1-8H3. The molecule has 6 heteroatoms. The van der Waals surface area contributed by atoms with Gasteiger partial charge < -0.3 is 9.53 Å². The van der Waals surface area contributed by atoms with Crippen molar-refractivity contribution >= 4 is 19.2 Å². The smallest absolute Gasteiger partial charge is 0.261 e. The van der Waals surface area contributed by atoms with Gasteiger partial charge in [0.25, 0.3) is 5.56 Å². The third-order valence-electron chi connectivity index (χ3n) is 5.53. The topological polar surface area (TPSA) is 64.4 Å². The van der Waals surface area contributed by atoms with E-state index in [4.69, 9.17) is 4.43 Å². The first-order valence-electron chi connectivity index (χ1n) is 9.21. The van der Waals surface area contributed by atoms with Gasteiger partial charge in [0.1, 0.15) is 11.9 Å². The monoisotopic (exact) mass is 376 g/mol. The fraction of sp³-hybridized carbons (Fsp3) is 0.600. The molecule has 0 amide bonds. The zero-order valence-corrected chi connectivity index (χ0v) is 18.3. The van der Waals surface area contributed by atoms with E-state index < -0.39 is 14.4 Å². The van der Waals surface area contributed by atoms with Crippen LogP contribution in [0.1, 0.15) is 50.8 Å². The van der Waals surface area contributed by atoms with E-state index in [1.807, 2.05) is 26.0 Å². The fourth-order valence-electron chi connectivity index (χ4n) is 2.76. The highest BCUT2D eigenvalue weighted by Crippen LogP contribution is 2.37. The Morgan fingerprint density at radius 2 is 1.92 bits per heavy atom. The highest BCUT2D eigenvalue weighted by atomic mass is 28.4. The Kier molecular flexibility index (Phi) is 5.80. The Morgan fingerprint density at radius 1 is 1.31 bits per heavy atom. The van der Waals surface area contributed by atoms with Crippen molar-refractivity contribution in [3.8, 4) is 0 Å². The van der Waals surface area contributed by atoms with Gasteiger partial charge in [0.2, 0.25) is 0 Å². The Balaban J connectivity index is 2.49. The summed E-state index contributed by atoms with van der Waals surface area (Å²) in [5.41, 5.74) is 2.12. The molecule has 0 saturated heterocycles. The maximum atomic E-state index is 12.7. The molecule has 1 aromatic heterocycles. The van der Waals surface area contributed by atoms with E-state index >= 15 is 0 Å². The van der Waals surface area contributed by atoms with Gasteiger partial charge >= 0.3 is 0 Å². The molecule has 0 bridgehead atoms. The largest absolute Gasteiger partial charge is 0.414 e. The van der Waals surface area contributed by atoms with Crippen molar-refractivity contribution in [1.29, 1.82) is 0 Å². The summed E-state index contributed by atoms with van der Waals surface area (Å²) in [7, 11) is -0.223. The van der Waals surface area contributed by atoms with Crippen molar-refractivity contribution in [3.05, 3.63) is 39.4 Å². The number of nitrogens with zero attached hydrogens (tertiary/aromatic N) is 2. The minimum atomic E-state index is -1.97. The summed E-state index contributed by atoms with van der Waals surface area (Å²) >= 11 is 0. The number of fused-ring (bicyclic) bond motifs is 1. The first-order valence-corrected chi connectivity index (χ1v) is 12.1. The van der Waals surface area contributed by atoms with Crippen molar-refractivity contribution < 1.29 is 9.53 Å². The molecule has 0 aliphatic rings. The molecule has 0 radical (unpaired) electrons. The molecule has 26 heavy (non-hydrogen) atoms. The van der Waals surface area contributed by atoms with E-state index in [2.05, 4.69) is 38.8 Å². The van der Waals surface area contributed by atoms with Crippen LogP contribution in [-0.4, -0.2) is 29.6 Å². The Morgan fingerprint density at radius 3 is 2.46 bits per heavy atom. The number of aromatic nitrogens is 2. The third kappa shape index (κ3) is 3.92. The minimum absolute atomic E-state index is 0.0744. The third-order valence-corrected chi connectivity index (χ3v) is 10.0. The normalized spacial score (nSPS) is 14.0. The van der Waals surface area contributed by atoms with Gasteiger partial charge in [0.05, 0.1) is 17.5 Å². The van der Waals surface area contributed by atoms with Gasteiger partial charge in [0.15, 0.2) is 8.32 Å². The van der Waals surface area contributed by atoms with E-state index in [0.717, 1.165) is 5.56 Å². The van der Waals surface area contributed by atoms with E-state index in [1.54, 1.807) is 11.6 Å². The van der Waals surface area contributed by atoms with Crippen LogP contribution in [0.4, 0.5) is 0 Å². The molecule has 0 aliphatic carbocycles. The second-order valence-electron chi connectivity index (χ2n) is 8.58. The van der Waals surface area contributed by atoms with Gasteiger partial charge in [-0.25, -0.2) is 4.98 Å². The molecule has 1 N–H and O–H groups in total. The van der Waals surface area contributed by atoms with Crippen LogP contribution >= 0.6 is 0 Å². The molecule has 1 atom stereocenters. The number of benzene rings is 1. The van der Waals surface area contributed by atoms with Crippen molar-refractivity contribution in [1.82, 2.24) is 9.55 Å². The van der Waals surface area contributed by atoms with Crippen molar-refractivity contribution in [2.24, 2.45) is 7.05 Å². The molecule has 5 nitrogen and oxygen atoms in total. The maximum Gasteiger partial charge on any atom is 0.261 e. The summed E-state index contributed by atoms with van der Waals surface area (Å²) < 4.78 is 7.77. The van der Waals surface area contributed by atoms with Gasteiger partial charge in [-0.15, -0.1) is 0 Å². The highest BCUT2D eigenvalue weighted by molar-refractivity contribution is 6.74. The number of aliphatic hydroxyl groups is 1. The lowest BCUT2D eigenvalue weighted by molar-refractivity contribution is 0.101. The lowest BCUT2D eigenvalue weighted by Gasteiger charge is -2.36. The van der Waals surface area contributed by atoms with Gasteiger partial charge in [-0.2, -0.15) is 0 Å². The molecule has 0 spiro atoms. The van der Waals surface area contributed by atoms with Gasteiger partial charge in [-0.05, 0) is 36.7 Å². The van der Waals surface area contributed by atoms with Crippen LogP contribution < -0.4 is 5.56 Å². The van der Waals surface area contributed by atoms with Crippen molar-refractivity contribution in [3.63, 3.8) is 0 Å². The summed E-state index contributed by atoms with van der Waals surface area (Å²) in [6.07, 6.45) is -0.151. The second kappa shape index (κ2) is 7.25. The van der Waals surface area contributed by atoms with Crippen LogP contribution in [0.5, 0.6) is 0 Å². The SMILES string of the molecule is CCc1nc2c(C(O)CO[Si](C)(C)C(C)(C)C)cc(C)cc2c(=O)n1C. The van der Waals surface area contributed by atoms with Crippen LogP contribution in [0.15, 0.2) is 16.9 Å².